The van der Waals surface area contributed by atoms with Crippen LogP contribution in [0.1, 0.15) is 131 Å². The predicted octanol–water partition coefficient (Wildman–Crippen LogP) is 12.8. The molecule has 0 fully saturated rings. The number of aryl methyl sites for hydroxylation is 2. The van der Waals surface area contributed by atoms with Gasteiger partial charge in [0.15, 0.2) is 15.8 Å². The number of aromatic nitrogens is 12. The molecule has 0 saturated heterocycles. The Balaban J connectivity index is 0.000000247. The van der Waals surface area contributed by atoms with E-state index in [9.17, 15) is 10.2 Å². The van der Waals surface area contributed by atoms with Crippen molar-refractivity contribution in [3.05, 3.63) is 249 Å². The summed E-state index contributed by atoms with van der Waals surface area (Å²) in [6.45, 7) is -15.0. The van der Waals surface area contributed by atoms with Crippen molar-refractivity contribution in [1.29, 1.82) is 0 Å². The molecule has 0 spiro atoms. The van der Waals surface area contributed by atoms with Gasteiger partial charge in [-0.05, 0) is 73.2 Å². The average Bonchev–Trinajstić information content (AvgIpc) is 1.69. The largest absolute Gasteiger partial charge is 0.390 e. The molecule has 4 aromatic heterocycles. The standard InChI is InChI=1S/C41H37ClN6O.C22H23ClN6O/c1-2-3-23-38-43-39(42)37(29-49)47(38)28-30-24-26-31(27-25-30)35-21-13-14-22-36(35)40-44-46-48(45-40)41(32-15-7-4-8-16-32,33-17-9-5-10-18-33)34-19-11-6-12-20-34;1-2-3-8-20-24-21(23)19(14-30)29(20)13-15-9-11-16(12-10-15)17-6-4-5-7-18(17)22-25-27-28-26-22/h4-22,24-27,49H,2-3,23,28-29H2,1H3;4-7,9-12,30H,2-3,8,13-14H2,1H3,(H,25,26,27,28)/i1D3,2D2,3D2,13D,14D,21D,22D,23D2,29D2;1D3,2D2,3D2,4D,5D,6D,7D,8D2,14D2. The van der Waals surface area contributed by atoms with E-state index in [0.717, 1.165) is 16.7 Å². The fourth-order valence-corrected chi connectivity index (χ4v) is 9.10. The van der Waals surface area contributed by atoms with Crippen molar-refractivity contribution in [3.8, 4) is 45.0 Å². The number of nitrogens with zero attached hydrogens (tertiary/aromatic N) is 11. The molecule has 79 heavy (non-hydrogen) atoms. The first kappa shape index (κ1) is 28.5. The van der Waals surface area contributed by atoms with Crippen LogP contribution in [0.25, 0.3) is 45.0 Å². The molecule has 0 aliphatic heterocycles. The van der Waals surface area contributed by atoms with Crippen molar-refractivity contribution in [2.75, 3.05) is 0 Å². The van der Waals surface area contributed by atoms with Crippen molar-refractivity contribution in [3.63, 3.8) is 0 Å². The highest BCUT2D eigenvalue weighted by molar-refractivity contribution is 6.30. The summed E-state index contributed by atoms with van der Waals surface area (Å²) in [5, 5.41) is 46.3. The number of nitrogens with one attached hydrogen (secondary N) is 1. The van der Waals surface area contributed by atoms with E-state index < -0.39 is 165 Å². The number of benzene rings is 7. The van der Waals surface area contributed by atoms with E-state index in [1.807, 2.05) is 91.0 Å². The Morgan fingerprint density at radius 1 is 0.557 bits per heavy atom. The number of halogens is 2. The van der Waals surface area contributed by atoms with Gasteiger partial charge in [-0.3, -0.25) is 0 Å². The second-order valence-electron chi connectivity index (χ2n) is 16.6. The maximum atomic E-state index is 10.5. The summed E-state index contributed by atoms with van der Waals surface area (Å²) in [5.74, 6) is -2.26. The average molecular weight is 1120 g/mol. The Kier molecular flexibility index (Phi) is 9.15. The molecule has 14 nitrogen and oxygen atoms in total. The molecule has 11 rings (SSSR count). The van der Waals surface area contributed by atoms with E-state index in [1.165, 1.54) is 53.3 Å². The lowest BCUT2D eigenvalue weighted by Crippen LogP contribution is -2.39. The Morgan fingerprint density at radius 2 is 0.987 bits per heavy atom. The molecule has 0 atom stereocenters. The third-order valence-electron chi connectivity index (χ3n) is 12.2. The summed E-state index contributed by atoms with van der Waals surface area (Å²) in [7, 11) is 0. The number of hydrogen-bond acceptors (Lipinski definition) is 10. The maximum absolute atomic E-state index is 10.5. The number of H-pyrrole nitrogens is 1. The molecule has 7 aromatic carbocycles. The van der Waals surface area contributed by atoms with Gasteiger partial charge in [-0.25, -0.2) is 9.97 Å². The van der Waals surface area contributed by atoms with Gasteiger partial charge in [0.25, 0.3) is 0 Å². The Labute approximate surface area is 511 Å². The van der Waals surface area contributed by atoms with Crippen LogP contribution in [0.5, 0.6) is 0 Å². The molecule has 4 heterocycles. The first-order valence-corrected chi connectivity index (χ1v) is 24.2. The van der Waals surface area contributed by atoms with Crippen LogP contribution in [0, 0.1) is 0 Å². The molecule has 398 valence electrons. The van der Waals surface area contributed by atoms with E-state index in [0.29, 0.717) is 9.13 Å². The van der Waals surface area contributed by atoms with Gasteiger partial charge in [-0.1, -0.05) is 238 Å². The molecule has 0 saturated carbocycles. The highest BCUT2D eigenvalue weighted by Gasteiger charge is 2.41. The molecule has 11 aromatic rings. The zero-order valence-corrected chi connectivity index (χ0v) is 42.3. The SMILES string of the molecule is [2H]c1c([2H])c([2H])c(-c2nn[nH]n2)c(-c2ccc(Cn3c(C([2H])([2H])C([2H])([2H])C([2H])([2H])C([2H])([2H])[2H])nc(Cl)c3C([2H])([2H])O)cc2)c1[2H].[2H]c1c([2H])c([2H])c(-c2nnn(C(c3ccccc3)(c3ccccc3)c3ccccc3)n2)c(-c2ccc(Cn3c(C([2H])([2H])C([2H])([2H])C([2H])([2H])C([2H])([2H])[2H])nc(Cl)c3C([2H])([2H])O)cc2)c1[2H]. The van der Waals surface area contributed by atoms with E-state index in [2.05, 4.69) is 40.9 Å². The van der Waals surface area contributed by atoms with Gasteiger partial charge < -0.3 is 19.3 Å². The van der Waals surface area contributed by atoms with Crippen LogP contribution in [0.4, 0.5) is 0 Å². The number of tetrazole rings is 2. The van der Waals surface area contributed by atoms with Gasteiger partial charge in [0.05, 0.1) is 41.0 Å². The normalized spacial score (nSPS) is 18.7. The van der Waals surface area contributed by atoms with Gasteiger partial charge in [-0.15, -0.1) is 25.2 Å². The highest BCUT2D eigenvalue weighted by atomic mass is 35.5. The molecule has 0 aliphatic carbocycles. The Morgan fingerprint density at radius 3 is 1.39 bits per heavy atom. The molecule has 3 N–H and O–H groups in total. The fraction of sp³-hybridized carbons (Fsp3) is 0.206. The van der Waals surface area contributed by atoms with Crippen LogP contribution in [-0.4, -0.2) is 70.1 Å². The second kappa shape index (κ2) is 25.4. The number of hydrogen-bond donors (Lipinski definition) is 3. The minimum absolute atomic E-state index is 0.0167. The van der Waals surface area contributed by atoms with Crippen LogP contribution in [0.3, 0.4) is 0 Å². The first-order valence-electron chi connectivity index (χ1n) is 38.4. The van der Waals surface area contributed by atoms with Crippen LogP contribution < -0.4 is 0 Å². The lowest BCUT2D eigenvalue weighted by atomic mass is 9.77. The lowest BCUT2D eigenvalue weighted by Gasteiger charge is -2.34. The van der Waals surface area contributed by atoms with Crippen LogP contribution in [0.15, 0.2) is 188 Å². The monoisotopic (exact) mass is 1120 g/mol. The zero-order chi connectivity index (χ0) is 80.9. The summed E-state index contributed by atoms with van der Waals surface area (Å²) < 4.78 is 246. The van der Waals surface area contributed by atoms with Gasteiger partial charge in [0.1, 0.15) is 11.6 Å². The van der Waals surface area contributed by atoms with Crippen molar-refractivity contribution < 1.29 is 51.3 Å². The first-order chi connectivity index (χ1) is 50.3. The third kappa shape index (κ3) is 11.6. The molecule has 0 aliphatic rings. The number of imidazole rings is 2. The third-order valence-corrected chi connectivity index (χ3v) is 12.7. The van der Waals surface area contributed by atoms with Gasteiger partial charge in [0, 0.05) is 61.6 Å². The van der Waals surface area contributed by atoms with Gasteiger partial charge in [-0.2, -0.15) is 5.21 Å². The number of rotatable bonds is 20. The van der Waals surface area contributed by atoms with Crippen molar-refractivity contribution in [2.24, 2.45) is 0 Å². The molecule has 16 heteroatoms. The summed E-state index contributed by atoms with van der Waals surface area (Å²) in [6.07, 6.45) is -22.3. The van der Waals surface area contributed by atoms with Gasteiger partial charge >= 0.3 is 0 Å². The summed E-state index contributed by atoms with van der Waals surface area (Å²) in [5.41, 5.74) is 0.223. The van der Waals surface area contributed by atoms with E-state index in [1.54, 1.807) is 0 Å². The Bertz CT molecular complexity index is 5070. The molecule has 0 bridgehead atoms. The number of aromatic amines is 1. The number of aliphatic hydroxyl groups is 2. The van der Waals surface area contributed by atoms with Crippen molar-refractivity contribution >= 4 is 23.2 Å². The minimum atomic E-state index is -3.83. The van der Waals surface area contributed by atoms with Crippen molar-refractivity contribution in [1.82, 2.24) is 59.9 Å². The van der Waals surface area contributed by atoms with E-state index in [-0.39, 0.29) is 56.2 Å². The topological polar surface area (TPSA) is 174 Å². The molecule has 0 radical (unpaired) electrons. The smallest absolute Gasteiger partial charge is 0.205 e. The minimum Gasteiger partial charge on any atom is -0.390 e. The zero-order valence-electron chi connectivity index (χ0n) is 70.8. The molecule has 0 amide bonds. The molecular formula is C63H60Cl2N12O2. The lowest BCUT2D eigenvalue weighted by molar-refractivity contribution is 0.271. The molecular weight excluding hydrogens is 1030 g/mol. The van der Waals surface area contributed by atoms with Crippen molar-refractivity contribution in [2.45, 2.75) is 83.7 Å². The van der Waals surface area contributed by atoms with Gasteiger partial charge in [0.2, 0.25) is 11.6 Å². The summed E-state index contributed by atoms with van der Waals surface area (Å²) >= 11 is 12.3. The van der Waals surface area contributed by atoms with Crippen LogP contribution >= 0.6 is 23.2 Å². The predicted molar refractivity (Wildman–Crippen MR) is 310 cm³/mol. The fourth-order valence-electron chi connectivity index (χ4n) is 8.65. The van der Waals surface area contributed by atoms with E-state index in [4.69, 9.17) is 69.4 Å². The summed E-state index contributed by atoms with van der Waals surface area (Å²) in [6, 6.07) is 35.8. The quantitative estimate of drug-likeness (QED) is 0.0623. The Hall–Kier alpha value is -8.40. The molecule has 0 unspecified atom stereocenters. The van der Waals surface area contributed by atoms with Crippen LogP contribution in [-0.2, 0) is 44.5 Å². The van der Waals surface area contributed by atoms with E-state index >= 15 is 0 Å². The van der Waals surface area contributed by atoms with Crippen LogP contribution in [0.2, 0.25) is 10.3 Å². The second-order valence-corrected chi connectivity index (χ2v) is 17.4. The highest BCUT2D eigenvalue weighted by Crippen LogP contribution is 2.41. The maximum Gasteiger partial charge on any atom is 0.205 e. The summed E-state index contributed by atoms with van der Waals surface area (Å²) in [4.78, 5) is 8.91.